The summed E-state index contributed by atoms with van der Waals surface area (Å²) in [4.78, 5) is 36.0. The van der Waals surface area contributed by atoms with Gasteiger partial charge in [-0.3, -0.25) is 14.4 Å². The highest BCUT2D eigenvalue weighted by atomic mass is 16.6. The molecule has 6 nitrogen and oxygen atoms in total. The van der Waals surface area contributed by atoms with Gasteiger partial charge < -0.3 is 14.8 Å². The number of carbonyl (C=O) groups is 3. The van der Waals surface area contributed by atoms with Gasteiger partial charge in [0.15, 0.2) is 6.61 Å². The van der Waals surface area contributed by atoms with Crippen LogP contribution in [0.3, 0.4) is 0 Å². The Labute approximate surface area is 133 Å². The highest BCUT2D eigenvalue weighted by Crippen LogP contribution is 2.57. The number of hydrogen-bond donors (Lipinski definition) is 1. The van der Waals surface area contributed by atoms with Gasteiger partial charge in [0.25, 0.3) is 5.91 Å². The smallest absolute Gasteiger partial charge is 0.310 e. The molecule has 0 unspecified atom stereocenters. The minimum atomic E-state index is -0.456. The summed E-state index contributed by atoms with van der Waals surface area (Å²) < 4.78 is 10.5. The van der Waals surface area contributed by atoms with Crippen LogP contribution in [0.25, 0.3) is 0 Å². The first-order valence-electron chi connectivity index (χ1n) is 7.85. The second-order valence-corrected chi connectivity index (χ2v) is 6.44. The van der Waals surface area contributed by atoms with E-state index >= 15 is 0 Å². The van der Waals surface area contributed by atoms with Crippen LogP contribution in [0.15, 0.2) is 30.3 Å². The highest BCUT2D eigenvalue weighted by molar-refractivity contribution is 5.93. The molecule has 1 N–H and O–H groups in total. The number of carbonyl (C=O) groups excluding carboxylic acids is 3. The van der Waals surface area contributed by atoms with E-state index in [-0.39, 0.29) is 42.3 Å². The lowest BCUT2D eigenvalue weighted by Crippen LogP contribution is -2.34. The molecule has 1 aliphatic heterocycles. The van der Waals surface area contributed by atoms with Crippen LogP contribution in [0.1, 0.15) is 12.8 Å². The second-order valence-electron chi connectivity index (χ2n) is 6.44. The predicted octanol–water partition coefficient (Wildman–Crippen LogP) is 1.37. The van der Waals surface area contributed by atoms with Gasteiger partial charge in [-0.1, -0.05) is 18.2 Å². The molecule has 120 valence electrons. The third-order valence-electron chi connectivity index (χ3n) is 5.16. The van der Waals surface area contributed by atoms with Gasteiger partial charge in [-0.15, -0.1) is 0 Å². The summed E-state index contributed by atoms with van der Waals surface area (Å²) in [5, 5.41) is 2.66. The molecule has 23 heavy (non-hydrogen) atoms. The normalized spacial score (nSPS) is 33.4. The molecule has 1 aromatic rings. The second kappa shape index (κ2) is 5.37. The Kier molecular flexibility index (Phi) is 3.32. The van der Waals surface area contributed by atoms with Gasteiger partial charge in [0.05, 0.1) is 11.8 Å². The summed E-state index contributed by atoms with van der Waals surface area (Å²) in [6, 6.07) is 8.96. The third-order valence-corrected chi connectivity index (χ3v) is 5.16. The largest absolute Gasteiger partial charge is 0.462 e. The minimum Gasteiger partial charge on any atom is -0.462 e. The molecule has 1 saturated heterocycles. The summed E-state index contributed by atoms with van der Waals surface area (Å²) in [7, 11) is 0. The zero-order valence-electron chi connectivity index (χ0n) is 12.4. The van der Waals surface area contributed by atoms with Crippen molar-refractivity contribution >= 4 is 23.5 Å². The Morgan fingerprint density at radius 2 is 2.00 bits per heavy atom. The fraction of sp³-hybridized carbons (Fsp3) is 0.471. The van der Waals surface area contributed by atoms with E-state index in [0.717, 1.165) is 12.8 Å². The van der Waals surface area contributed by atoms with Gasteiger partial charge >= 0.3 is 11.9 Å². The van der Waals surface area contributed by atoms with E-state index in [0.29, 0.717) is 5.69 Å². The lowest BCUT2D eigenvalue weighted by atomic mass is 9.80. The Bertz CT molecular complexity index is 656. The van der Waals surface area contributed by atoms with Crippen LogP contribution in [0.5, 0.6) is 0 Å². The average molecular weight is 315 g/mol. The number of amides is 1. The molecule has 0 radical (unpaired) electrons. The molecule has 0 spiro atoms. The maximum Gasteiger partial charge on any atom is 0.310 e. The molecule has 1 amide bonds. The Morgan fingerprint density at radius 3 is 2.78 bits per heavy atom. The first-order chi connectivity index (χ1) is 11.1. The lowest BCUT2D eigenvalue weighted by molar-refractivity contribution is -0.157. The van der Waals surface area contributed by atoms with Crippen LogP contribution >= 0.6 is 0 Å². The predicted molar refractivity (Wildman–Crippen MR) is 79.1 cm³/mol. The number of esters is 2. The van der Waals surface area contributed by atoms with Crippen molar-refractivity contribution in [2.75, 3.05) is 11.9 Å². The minimum absolute atomic E-state index is 0.0112. The quantitative estimate of drug-likeness (QED) is 0.849. The highest BCUT2D eigenvalue weighted by Gasteiger charge is 2.64. The lowest BCUT2D eigenvalue weighted by Gasteiger charge is -2.22. The molecule has 0 aromatic heterocycles. The number of anilines is 1. The van der Waals surface area contributed by atoms with Crippen molar-refractivity contribution in [2.45, 2.75) is 18.9 Å². The zero-order valence-corrected chi connectivity index (χ0v) is 12.4. The molecule has 3 fully saturated rings. The van der Waals surface area contributed by atoms with Crippen LogP contribution in [-0.2, 0) is 23.9 Å². The topological polar surface area (TPSA) is 81.7 Å². The van der Waals surface area contributed by atoms with Crippen molar-refractivity contribution in [3.63, 3.8) is 0 Å². The van der Waals surface area contributed by atoms with Gasteiger partial charge in [-0.25, -0.2) is 0 Å². The van der Waals surface area contributed by atoms with E-state index in [4.69, 9.17) is 9.47 Å². The third kappa shape index (κ3) is 2.38. The van der Waals surface area contributed by atoms with Gasteiger partial charge in [-0.2, -0.15) is 0 Å². The van der Waals surface area contributed by atoms with E-state index in [1.54, 1.807) is 24.3 Å². The van der Waals surface area contributed by atoms with Gasteiger partial charge in [0, 0.05) is 11.6 Å². The van der Waals surface area contributed by atoms with E-state index in [2.05, 4.69) is 5.32 Å². The van der Waals surface area contributed by atoms with Crippen molar-refractivity contribution in [2.24, 2.45) is 23.7 Å². The van der Waals surface area contributed by atoms with Gasteiger partial charge in [0.1, 0.15) is 6.10 Å². The fourth-order valence-electron chi connectivity index (χ4n) is 4.28. The van der Waals surface area contributed by atoms with Crippen LogP contribution < -0.4 is 5.32 Å². The molecule has 2 aliphatic carbocycles. The summed E-state index contributed by atoms with van der Waals surface area (Å²) in [5.41, 5.74) is 0.649. The summed E-state index contributed by atoms with van der Waals surface area (Å²) in [5.74, 6) is -1.65. The fourth-order valence-corrected chi connectivity index (χ4v) is 4.28. The van der Waals surface area contributed by atoms with E-state index < -0.39 is 11.9 Å². The number of para-hydroxylation sites is 1. The van der Waals surface area contributed by atoms with Crippen molar-refractivity contribution in [3.8, 4) is 0 Å². The van der Waals surface area contributed by atoms with Gasteiger partial charge in [0.2, 0.25) is 0 Å². The molecule has 4 rings (SSSR count). The molecular weight excluding hydrogens is 298 g/mol. The number of nitrogens with one attached hydrogen (secondary N) is 1. The van der Waals surface area contributed by atoms with E-state index in [1.807, 2.05) is 6.07 Å². The number of fused-ring (bicyclic) bond motifs is 1. The molecule has 6 heteroatoms. The Hall–Kier alpha value is -2.37. The number of rotatable bonds is 4. The summed E-state index contributed by atoms with van der Waals surface area (Å²) in [6.07, 6.45) is 1.57. The molecule has 3 aliphatic rings. The first-order valence-corrected chi connectivity index (χ1v) is 7.85. The molecule has 1 heterocycles. The summed E-state index contributed by atoms with van der Waals surface area (Å²) >= 11 is 0. The van der Waals surface area contributed by atoms with Crippen LogP contribution in [0.2, 0.25) is 0 Å². The van der Waals surface area contributed by atoms with Crippen molar-refractivity contribution in [1.82, 2.24) is 0 Å². The zero-order chi connectivity index (χ0) is 16.0. The van der Waals surface area contributed by atoms with Crippen LogP contribution in [-0.4, -0.2) is 30.6 Å². The standard InChI is InChI=1S/C17H17NO5/c19-13(18-10-4-2-1-3-5-10)8-22-16(20)14-9-6-11-12(7-9)23-17(21)15(11)14/h1-5,9,11-12,14-15H,6-8H2,(H,18,19)/t9-,11-,12+,14+,15-/m0/s1. The first kappa shape index (κ1) is 14.2. The van der Waals surface area contributed by atoms with E-state index in [9.17, 15) is 14.4 Å². The molecule has 1 aromatic carbocycles. The van der Waals surface area contributed by atoms with Gasteiger partial charge in [-0.05, 0) is 30.9 Å². The molecule has 2 saturated carbocycles. The Morgan fingerprint density at radius 1 is 1.22 bits per heavy atom. The maximum atomic E-state index is 12.3. The average Bonchev–Trinajstić information content (AvgIpc) is 3.15. The number of benzene rings is 1. The summed E-state index contributed by atoms with van der Waals surface area (Å²) in [6.45, 7) is -0.340. The number of ether oxygens (including phenoxy) is 2. The number of hydrogen-bond acceptors (Lipinski definition) is 5. The molecule has 5 atom stereocenters. The maximum absolute atomic E-state index is 12.3. The van der Waals surface area contributed by atoms with Crippen LogP contribution in [0, 0.1) is 23.7 Å². The molecule has 2 bridgehead atoms. The molecular formula is C17H17NO5. The van der Waals surface area contributed by atoms with Crippen LogP contribution in [0.4, 0.5) is 5.69 Å². The van der Waals surface area contributed by atoms with Crippen molar-refractivity contribution in [3.05, 3.63) is 30.3 Å². The Balaban J connectivity index is 1.34. The van der Waals surface area contributed by atoms with E-state index in [1.165, 1.54) is 0 Å². The van der Waals surface area contributed by atoms with Crippen molar-refractivity contribution in [1.29, 1.82) is 0 Å². The monoisotopic (exact) mass is 315 g/mol. The van der Waals surface area contributed by atoms with Crippen molar-refractivity contribution < 1.29 is 23.9 Å². The SMILES string of the molecule is O=C(COC(=O)[C@@H]1[C@H]2C[C@@H]3[C@@H]1C(=O)O[C@@H]3C2)Nc1ccccc1.